The minimum atomic E-state index is -4.68. The Morgan fingerprint density at radius 1 is 1.00 bits per heavy atom. The van der Waals surface area contributed by atoms with E-state index in [2.05, 4.69) is 16.0 Å². The van der Waals surface area contributed by atoms with Crippen LogP contribution in [-0.2, 0) is 22.3 Å². The number of aromatic nitrogens is 2. The fourth-order valence-corrected chi connectivity index (χ4v) is 5.97. The number of halogens is 4. The molecule has 6 rings (SSSR count). The summed E-state index contributed by atoms with van der Waals surface area (Å²) >= 11 is 0. The smallest absolute Gasteiger partial charge is 0.347 e. The number of nitrogens with one attached hydrogen (secondary N) is 3. The Bertz CT molecular complexity index is 1850. The molecule has 3 N–H and O–H groups in total. The Morgan fingerprint density at radius 2 is 1.74 bits per heavy atom. The number of hydrogen-bond acceptors (Lipinski definition) is 5. The van der Waals surface area contributed by atoms with Gasteiger partial charge >= 0.3 is 6.18 Å². The molecular weight excluding hydrogens is 616 g/mol. The quantitative estimate of drug-likeness (QED) is 0.245. The molecule has 0 unspecified atom stereocenters. The highest BCUT2D eigenvalue weighted by Gasteiger charge is 2.46. The molecule has 0 saturated carbocycles. The van der Waals surface area contributed by atoms with Crippen molar-refractivity contribution >= 4 is 23.5 Å². The molecule has 0 spiro atoms. The maximum absolute atomic E-state index is 14.3. The monoisotopic (exact) mass is 646 g/mol. The van der Waals surface area contributed by atoms with Crippen LogP contribution in [0.1, 0.15) is 45.6 Å². The summed E-state index contributed by atoms with van der Waals surface area (Å²) in [5.41, 5.74) is 1.23. The molecule has 2 aliphatic heterocycles. The standard InChI is InChI=1S/C34H30F4N6O3/c1-2-43-32-28(26(19-40-30(45)22-15-16-39-18-22)42-44(32)25-9-4-3-5-10-25)27(20-11-13-24(35)14-12-20)29(33(43)47)41-31(46)21-7-6-8-23(17-21)34(36,37)38/h3-15,17,27,29,39H,2,16,18-19H2,1H3,(H,40,45)(H,41,46)/t27-,29-/m0/s1. The molecule has 3 amide bonds. The van der Waals surface area contributed by atoms with Crippen molar-refractivity contribution < 1.29 is 31.9 Å². The van der Waals surface area contributed by atoms with E-state index in [1.165, 1.54) is 35.2 Å². The maximum atomic E-state index is 14.3. The molecule has 1 aromatic heterocycles. The van der Waals surface area contributed by atoms with Gasteiger partial charge in [0.2, 0.25) is 5.91 Å². The van der Waals surface area contributed by atoms with Gasteiger partial charge in [0.25, 0.3) is 11.8 Å². The van der Waals surface area contributed by atoms with Gasteiger partial charge in [0, 0.05) is 42.3 Å². The highest BCUT2D eigenvalue weighted by atomic mass is 19.4. The van der Waals surface area contributed by atoms with Gasteiger partial charge < -0.3 is 16.0 Å². The van der Waals surface area contributed by atoms with Gasteiger partial charge in [0.05, 0.1) is 23.5 Å². The number of fused-ring (bicyclic) bond motifs is 1. The molecule has 0 aliphatic carbocycles. The summed E-state index contributed by atoms with van der Waals surface area (Å²) in [5, 5.41) is 13.5. The van der Waals surface area contributed by atoms with Gasteiger partial charge in [0.1, 0.15) is 17.7 Å². The van der Waals surface area contributed by atoms with Crippen molar-refractivity contribution in [1.82, 2.24) is 25.7 Å². The second kappa shape index (κ2) is 12.8. The highest BCUT2D eigenvalue weighted by Crippen LogP contribution is 2.44. The average molecular weight is 647 g/mol. The molecule has 2 atom stereocenters. The molecule has 13 heteroatoms. The summed E-state index contributed by atoms with van der Waals surface area (Å²) in [5.74, 6) is -2.82. The number of rotatable bonds is 8. The fourth-order valence-electron chi connectivity index (χ4n) is 5.97. The van der Waals surface area contributed by atoms with Crippen LogP contribution in [0, 0.1) is 5.82 Å². The Hall–Kier alpha value is -5.30. The number of amides is 3. The Morgan fingerprint density at radius 3 is 2.40 bits per heavy atom. The van der Waals surface area contributed by atoms with Crippen molar-refractivity contribution in [2.45, 2.75) is 31.6 Å². The van der Waals surface area contributed by atoms with Crippen molar-refractivity contribution in [3.05, 3.63) is 124 Å². The maximum Gasteiger partial charge on any atom is 0.416 e. The number of anilines is 1. The van der Waals surface area contributed by atoms with Gasteiger partial charge in [-0.1, -0.05) is 42.5 Å². The third-order valence-electron chi connectivity index (χ3n) is 8.21. The molecule has 9 nitrogen and oxygen atoms in total. The highest BCUT2D eigenvalue weighted by molar-refractivity contribution is 6.05. The number of hydrogen-bond donors (Lipinski definition) is 3. The summed E-state index contributed by atoms with van der Waals surface area (Å²) in [6.45, 7) is 2.82. The molecule has 2 aliphatic rings. The second-order valence-corrected chi connectivity index (χ2v) is 11.1. The van der Waals surface area contributed by atoms with Gasteiger partial charge in [-0.05, 0) is 55.0 Å². The predicted octanol–water partition coefficient (Wildman–Crippen LogP) is 4.47. The van der Waals surface area contributed by atoms with E-state index in [0.29, 0.717) is 47.0 Å². The Labute approximate surface area is 267 Å². The molecule has 47 heavy (non-hydrogen) atoms. The van der Waals surface area contributed by atoms with Crippen LogP contribution in [0.15, 0.2) is 90.5 Å². The zero-order valence-corrected chi connectivity index (χ0v) is 25.1. The van der Waals surface area contributed by atoms with Crippen molar-refractivity contribution in [3.8, 4) is 5.69 Å². The van der Waals surface area contributed by atoms with Gasteiger partial charge in [-0.15, -0.1) is 0 Å². The van der Waals surface area contributed by atoms with Crippen LogP contribution in [0.5, 0.6) is 0 Å². The first-order chi connectivity index (χ1) is 22.6. The van der Waals surface area contributed by atoms with Crippen molar-refractivity contribution in [2.75, 3.05) is 24.5 Å². The molecule has 4 aromatic rings. The lowest BCUT2D eigenvalue weighted by Gasteiger charge is -2.38. The molecule has 0 bridgehead atoms. The van der Waals surface area contributed by atoms with Crippen molar-refractivity contribution in [3.63, 3.8) is 0 Å². The van der Waals surface area contributed by atoms with Gasteiger partial charge in [-0.2, -0.15) is 18.3 Å². The lowest BCUT2D eigenvalue weighted by Crippen LogP contribution is -2.55. The number of nitrogens with zero attached hydrogens (tertiary/aromatic N) is 3. The lowest BCUT2D eigenvalue weighted by atomic mass is 9.80. The first-order valence-corrected chi connectivity index (χ1v) is 15.0. The predicted molar refractivity (Wildman–Crippen MR) is 165 cm³/mol. The van der Waals surface area contributed by atoms with E-state index in [0.717, 1.165) is 18.2 Å². The molecule has 3 aromatic carbocycles. The van der Waals surface area contributed by atoms with Gasteiger partial charge in [-0.25, -0.2) is 9.07 Å². The molecule has 0 saturated heterocycles. The second-order valence-electron chi connectivity index (χ2n) is 11.1. The number of carbonyl (C=O) groups excluding carboxylic acids is 3. The van der Waals surface area contributed by atoms with Crippen LogP contribution in [0.4, 0.5) is 23.4 Å². The van der Waals surface area contributed by atoms with Crippen molar-refractivity contribution in [2.24, 2.45) is 0 Å². The summed E-state index contributed by atoms with van der Waals surface area (Å²) in [6, 6.07) is 17.1. The average Bonchev–Trinajstić information content (AvgIpc) is 3.74. The third-order valence-corrected chi connectivity index (χ3v) is 8.21. The first kappa shape index (κ1) is 31.7. The van der Waals surface area contributed by atoms with E-state index in [-0.39, 0.29) is 24.6 Å². The van der Waals surface area contributed by atoms with Crippen LogP contribution >= 0.6 is 0 Å². The van der Waals surface area contributed by atoms with Crippen LogP contribution in [0.2, 0.25) is 0 Å². The fraction of sp³-hybridized carbons (Fsp3) is 0.235. The van der Waals surface area contributed by atoms with E-state index < -0.39 is 41.3 Å². The number of benzene rings is 3. The summed E-state index contributed by atoms with van der Waals surface area (Å²) < 4.78 is 56.2. The van der Waals surface area contributed by atoms with E-state index in [1.807, 2.05) is 6.07 Å². The minimum Gasteiger partial charge on any atom is -0.347 e. The lowest BCUT2D eigenvalue weighted by molar-refractivity contribution is -0.137. The number of alkyl halides is 3. The van der Waals surface area contributed by atoms with Gasteiger partial charge in [-0.3, -0.25) is 19.3 Å². The van der Waals surface area contributed by atoms with Crippen LogP contribution in [-0.4, -0.2) is 53.2 Å². The third kappa shape index (κ3) is 6.26. The number of likely N-dealkylation sites (N-methyl/N-ethyl adjacent to an activating group) is 1. The van der Waals surface area contributed by atoms with Crippen LogP contribution in [0.3, 0.4) is 0 Å². The molecule has 242 valence electrons. The Balaban J connectivity index is 1.50. The molecular formula is C34H30F4N6O3. The number of carbonyl (C=O) groups is 3. The summed E-state index contributed by atoms with van der Waals surface area (Å²) in [4.78, 5) is 42.3. The van der Waals surface area contributed by atoms with Crippen LogP contribution in [0.25, 0.3) is 5.69 Å². The summed E-state index contributed by atoms with van der Waals surface area (Å²) in [7, 11) is 0. The zero-order valence-electron chi connectivity index (χ0n) is 25.1. The topological polar surface area (TPSA) is 108 Å². The Kier molecular flexibility index (Phi) is 8.65. The van der Waals surface area contributed by atoms with Crippen molar-refractivity contribution in [1.29, 1.82) is 0 Å². The first-order valence-electron chi connectivity index (χ1n) is 15.0. The largest absolute Gasteiger partial charge is 0.416 e. The van der Waals surface area contributed by atoms with Gasteiger partial charge in [0.15, 0.2) is 0 Å². The molecule has 0 radical (unpaired) electrons. The van der Waals surface area contributed by atoms with E-state index >= 15 is 0 Å². The van der Waals surface area contributed by atoms with E-state index in [4.69, 9.17) is 5.10 Å². The number of para-hydroxylation sites is 1. The molecule has 3 heterocycles. The van der Waals surface area contributed by atoms with Crippen LogP contribution < -0.4 is 20.9 Å². The minimum absolute atomic E-state index is 0.0456. The van der Waals surface area contributed by atoms with E-state index in [9.17, 15) is 31.9 Å². The molecule has 0 fully saturated rings. The zero-order chi connectivity index (χ0) is 33.3. The SMILES string of the molecule is CCN1C(=O)[C@@H](NC(=O)c2cccc(C(F)(F)F)c2)[C@@H](c2ccc(F)cc2)c2c(CNC(=O)C3=CCNC3)nn(-c3ccccc3)c21. The van der Waals surface area contributed by atoms with E-state index in [1.54, 1.807) is 41.9 Å². The summed E-state index contributed by atoms with van der Waals surface area (Å²) in [6.07, 6.45) is -2.90. The normalized spacial score (nSPS) is 17.7.